The number of hydrogen-bond acceptors (Lipinski definition) is 5. The zero-order chi connectivity index (χ0) is 15.2. The maximum Gasteiger partial charge on any atom is 0.151 e. The first kappa shape index (κ1) is 15.2. The molecule has 0 radical (unpaired) electrons. The second-order valence-electron chi connectivity index (χ2n) is 5.78. The van der Waals surface area contributed by atoms with Gasteiger partial charge in [0.15, 0.2) is 5.76 Å². The fourth-order valence-electron chi connectivity index (χ4n) is 2.89. The van der Waals surface area contributed by atoms with Gasteiger partial charge >= 0.3 is 0 Å². The zero-order valence-electron chi connectivity index (χ0n) is 13.1. The van der Waals surface area contributed by atoms with Crippen molar-refractivity contribution in [3.63, 3.8) is 0 Å². The fourth-order valence-corrected chi connectivity index (χ4v) is 2.89. The first-order chi connectivity index (χ1) is 10.8. The van der Waals surface area contributed by atoms with E-state index in [0.717, 1.165) is 49.7 Å². The lowest BCUT2D eigenvalue weighted by molar-refractivity contribution is 0.0676. The van der Waals surface area contributed by atoms with Crippen LogP contribution in [-0.4, -0.2) is 40.8 Å². The SMILES string of the molecule is CCCN(Cc1cc(-c2ccncc2)no1)C[C@H]1CCCO1. The van der Waals surface area contributed by atoms with Gasteiger partial charge in [0, 0.05) is 37.2 Å². The van der Waals surface area contributed by atoms with Gasteiger partial charge in [-0.15, -0.1) is 0 Å². The van der Waals surface area contributed by atoms with Gasteiger partial charge in [0.1, 0.15) is 5.69 Å². The Bertz CT molecular complexity index is 564. The van der Waals surface area contributed by atoms with Crippen molar-refractivity contribution >= 4 is 0 Å². The standard InChI is InChI=1S/C17H23N3O2/c1-2-9-20(12-15-4-3-10-21-15)13-16-11-17(19-22-16)14-5-7-18-8-6-14/h5-8,11,15H,2-4,9-10,12-13H2,1H3/t15-/m1/s1. The molecule has 0 bridgehead atoms. The van der Waals surface area contributed by atoms with Crippen LogP contribution in [-0.2, 0) is 11.3 Å². The molecule has 0 spiro atoms. The van der Waals surface area contributed by atoms with Crippen LogP contribution in [0, 0.1) is 0 Å². The largest absolute Gasteiger partial charge is 0.377 e. The molecule has 1 aliphatic heterocycles. The molecule has 5 nitrogen and oxygen atoms in total. The Morgan fingerprint density at radius 1 is 1.32 bits per heavy atom. The van der Waals surface area contributed by atoms with Crippen LogP contribution < -0.4 is 0 Å². The summed E-state index contributed by atoms with van der Waals surface area (Å²) >= 11 is 0. The van der Waals surface area contributed by atoms with E-state index in [-0.39, 0.29) is 0 Å². The van der Waals surface area contributed by atoms with Gasteiger partial charge in [-0.1, -0.05) is 12.1 Å². The normalized spacial score (nSPS) is 18.2. The molecule has 1 atom stereocenters. The van der Waals surface area contributed by atoms with Gasteiger partial charge in [0.25, 0.3) is 0 Å². The summed E-state index contributed by atoms with van der Waals surface area (Å²) in [5, 5.41) is 4.17. The summed E-state index contributed by atoms with van der Waals surface area (Å²) in [6.07, 6.45) is 7.37. The van der Waals surface area contributed by atoms with Crippen LogP contribution in [0.1, 0.15) is 31.9 Å². The third kappa shape index (κ3) is 3.93. The van der Waals surface area contributed by atoms with Gasteiger partial charge in [-0.05, 0) is 37.9 Å². The summed E-state index contributed by atoms with van der Waals surface area (Å²) in [7, 11) is 0. The highest BCUT2D eigenvalue weighted by atomic mass is 16.5. The average molecular weight is 301 g/mol. The van der Waals surface area contributed by atoms with E-state index < -0.39 is 0 Å². The molecule has 1 aliphatic rings. The summed E-state index contributed by atoms with van der Waals surface area (Å²) in [6.45, 7) is 5.90. The molecule has 2 aromatic rings. The molecule has 0 amide bonds. The molecule has 5 heteroatoms. The minimum Gasteiger partial charge on any atom is -0.377 e. The molecule has 1 saturated heterocycles. The molecule has 0 saturated carbocycles. The second kappa shape index (κ2) is 7.51. The first-order valence-corrected chi connectivity index (χ1v) is 8.05. The Balaban J connectivity index is 1.63. The van der Waals surface area contributed by atoms with Crippen molar-refractivity contribution in [3.8, 4) is 11.3 Å². The number of ether oxygens (including phenoxy) is 1. The predicted molar refractivity (Wildman–Crippen MR) is 84.3 cm³/mol. The van der Waals surface area contributed by atoms with E-state index in [1.54, 1.807) is 12.4 Å². The molecule has 3 rings (SSSR count). The molecule has 1 fully saturated rings. The third-order valence-corrected chi connectivity index (χ3v) is 3.94. The van der Waals surface area contributed by atoms with E-state index in [2.05, 4.69) is 22.0 Å². The summed E-state index contributed by atoms with van der Waals surface area (Å²) < 4.78 is 11.3. The maximum atomic E-state index is 5.75. The Hall–Kier alpha value is -1.72. The Kier molecular flexibility index (Phi) is 5.19. The average Bonchev–Trinajstić information content (AvgIpc) is 3.20. The predicted octanol–water partition coefficient (Wildman–Crippen LogP) is 3.13. The van der Waals surface area contributed by atoms with Gasteiger partial charge in [-0.3, -0.25) is 9.88 Å². The minimum atomic E-state index is 0.370. The highest BCUT2D eigenvalue weighted by Gasteiger charge is 2.20. The number of hydrogen-bond donors (Lipinski definition) is 0. The van der Waals surface area contributed by atoms with Crippen LogP contribution in [0.5, 0.6) is 0 Å². The van der Waals surface area contributed by atoms with E-state index in [1.807, 2.05) is 18.2 Å². The molecular formula is C17H23N3O2. The van der Waals surface area contributed by atoms with Gasteiger partial charge in [-0.2, -0.15) is 0 Å². The van der Waals surface area contributed by atoms with Crippen LogP contribution in [0.4, 0.5) is 0 Å². The van der Waals surface area contributed by atoms with Crippen LogP contribution in [0.25, 0.3) is 11.3 Å². The minimum absolute atomic E-state index is 0.370. The van der Waals surface area contributed by atoms with E-state index >= 15 is 0 Å². The van der Waals surface area contributed by atoms with Crippen molar-refractivity contribution in [1.82, 2.24) is 15.0 Å². The van der Waals surface area contributed by atoms with Gasteiger partial charge in [-0.25, -0.2) is 0 Å². The number of rotatable bonds is 7. The lowest BCUT2D eigenvalue weighted by atomic mass is 10.2. The summed E-state index contributed by atoms with van der Waals surface area (Å²) in [4.78, 5) is 6.42. The summed E-state index contributed by atoms with van der Waals surface area (Å²) in [6, 6.07) is 5.91. The topological polar surface area (TPSA) is 51.4 Å². The molecule has 3 heterocycles. The molecule has 22 heavy (non-hydrogen) atoms. The molecular weight excluding hydrogens is 278 g/mol. The Morgan fingerprint density at radius 2 is 2.18 bits per heavy atom. The lowest BCUT2D eigenvalue weighted by Gasteiger charge is -2.23. The van der Waals surface area contributed by atoms with Gasteiger partial charge < -0.3 is 9.26 Å². The van der Waals surface area contributed by atoms with Crippen molar-refractivity contribution in [2.75, 3.05) is 19.7 Å². The number of aromatic nitrogens is 2. The van der Waals surface area contributed by atoms with Crippen molar-refractivity contribution in [3.05, 3.63) is 36.4 Å². The van der Waals surface area contributed by atoms with Crippen LogP contribution in [0.15, 0.2) is 35.1 Å². The third-order valence-electron chi connectivity index (χ3n) is 3.94. The maximum absolute atomic E-state index is 5.75. The van der Waals surface area contributed by atoms with Crippen molar-refractivity contribution in [2.24, 2.45) is 0 Å². The van der Waals surface area contributed by atoms with E-state index in [4.69, 9.17) is 9.26 Å². The Labute approximate surface area is 131 Å². The van der Waals surface area contributed by atoms with E-state index in [9.17, 15) is 0 Å². The molecule has 118 valence electrons. The van der Waals surface area contributed by atoms with Gasteiger partial charge in [0.2, 0.25) is 0 Å². The van der Waals surface area contributed by atoms with Crippen LogP contribution in [0.2, 0.25) is 0 Å². The second-order valence-corrected chi connectivity index (χ2v) is 5.78. The van der Waals surface area contributed by atoms with Crippen LogP contribution in [0.3, 0.4) is 0 Å². The van der Waals surface area contributed by atoms with Crippen molar-refractivity contribution in [2.45, 2.75) is 38.8 Å². The van der Waals surface area contributed by atoms with E-state index in [1.165, 1.54) is 12.8 Å². The summed E-state index contributed by atoms with van der Waals surface area (Å²) in [5.41, 5.74) is 1.90. The highest BCUT2D eigenvalue weighted by Crippen LogP contribution is 2.20. The fraction of sp³-hybridized carbons (Fsp3) is 0.529. The van der Waals surface area contributed by atoms with Crippen molar-refractivity contribution < 1.29 is 9.26 Å². The smallest absolute Gasteiger partial charge is 0.151 e. The summed E-state index contributed by atoms with van der Waals surface area (Å²) in [5.74, 6) is 0.901. The number of nitrogens with zero attached hydrogens (tertiary/aromatic N) is 3. The van der Waals surface area contributed by atoms with Gasteiger partial charge in [0.05, 0.1) is 12.6 Å². The first-order valence-electron chi connectivity index (χ1n) is 8.05. The molecule has 0 aliphatic carbocycles. The van der Waals surface area contributed by atoms with E-state index in [0.29, 0.717) is 6.10 Å². The van der Waals surface area contributed by atoms with Crippen LogP contribution >= 0.6 is 0 Å². The quantitative estimate of drug-likeness (QED) is 0.786. The lowest BCUT2D eigenvalue weighted by Crippen LogP contribution is -2.32. The Morgan fingerprint density at radius 3 is 2.91 bits per heavy atom. The molecule has 0 unspecified atom stereocenters. The highest BCUT2D eigenvalue weighted by molar-refractivity contribution is 5.57. The number of pyridine rings is 1. The molecule has 0 aromatic carbocycles. The monoisotopic (exact) mass is 301 g/mol. The molecule has 2 aromatic heterocycles. The zero-order valence-corrected chi connectivity index (χ0v) is 13.1. The molecule has 0 N–H and O–H groups in total. The van der Waals surface area contributed by atoms with Crippen molar-refractivity contribution in [1.29, 1.82) is 0 Å².